The van der Waals surface area contributed by atoms with Crippen molar-refractivity contribution in [1.82, 2.24) is 0 Å². The van der Waals surface area contributed by atoms with Crippen LogP contribution in [0.2, 0.25) is 0 Å². The summed E-state index contributed by atoms with van der Waals surface area (Å²) in [6.45, 7) is 14.2. The third kappa shape index (κ3) is 72.4. The average Bonchev–Trinajstić information content (AvgIpc) is 0.955. The fraction of sp³-hybridized carbons (Fsp3) is 0.949. The normalized spacial score (nSPS) is 14.1. The lowest BCUT2D eigenvalue weighted by molar-refractivity contribution is -0.161. The van der Waals surface area contributed by atoms with Crippen LogP contribution < -0.4 is 0 Å². The minimum Gasteiger partial charge on any atom is -0.462 e. The van der Waals surface area contributed by atoms with E-state index in [1.165, 1.54) is 199 Å². The molecule has 0 bridgehead atoms. The summed E-state index contributed by atoms with van der Waals surface area (Å²) in [4.78, 5) is 72.9. The molecule has 0 aliphatic rings. The van der Waals surface area contributed by atoms with Crippen molar-refractivity contribution in [3.8, 4) is 0 Å². The first-order chi connectivity index (χ1) is 47.1. The highest BCUT2D eigenvalue weighted by Gasteiger charge is 2.30. The Morgan fingerprint density at radius 2 is 0.429 bits per heavy atom. The summed E-state index contributed by atoms with van der Waals surface area (Å²) in [5, 5.41) is 10.6. The molecule has 0 saturated carbocycles. The fourth-order valence-electron chi connectivity index (χ4n) is 12.1. The second-order valence-electron chi connectivity index (χ2n) is 30.4. The summed E-state index contributed by atoms with van der Waals surface area (Å²) < 4.78 is 68.6. The van der Waals surface area contributed by atoms with Gasteiger partial charge in [0.1, 0.15) is 19.3 Å². The Kier molecular flexibility index (Phi) is 66.8. The lowest BCUT2D eigenvalue weighted by Gasteiger charge is -2.21. The molecule has 0 rings (SSSR count). The monoisotopic (exact) mass is 1440 g/mol. The maximum absolute atomic E-state index is 13.1. The van der Waals surface area contributed by atoms with E-state index in [2.05, 4.69) is 55.4 Å². The van der Waals surface area contributed by atoms with Crippen LogP contribution >= 0.6 is 15.6 Å². The van der Waals surface area contributed by atoms with Crippen molar-refractivity contribution in [3.63, 3.8) is 0 Å². The number of rotatable bonds is 76. The second-order valence-corrected chi connectivity index (χ2v) is 33.3. The van der Waals surface area contributed by atoms with Crippen LogP contribution in [0.4, 0.5) is 0 Å². The first-order valence-corrected chi connectivity index (χ1v) is 43.7. The zero-order valence-electron chi connectivity index (χ0n) is 64.4. The quantitative estimate of drug-likeness (QED) is 0.0222. The minimum absolute atomic E-state index is 0.105. The van der Waals surface area contributed by atoms with Gasteiger partial charge in [-0.15, -0.1) is 0 Å². The van der Waals surface area contributed by atoms with Crippen LogP contribution in [0, 0.1) is 23.7 Å². The van der Waals surface area contributed by atoms with Crippen molar-refractivity contribution in [2.24, 2.45) is 23.7 Å². The van der Waals surface area contributed by atoms with Gasteiger partial charge in [-0.3, -0.25) is 37.3 Å². The van der Waals surface area contributed by atoms with E-state index in [0.717, 1.165) is 114 Å². The molecule has 0 aliphatic carbocycles. The number of carbonyl (C=O) groups excluding carboxylic acids is 4. The molecule has 5 atom stereocenters. The highest BCUT2D eigenvalue weighted by molar-refractivity contribution is 7.47. The fourth-order valence-corrected chi connectivity index (χ4v) is 13.7. The summed E-state index contributed by atoms with van der Waals surface area (Å²) in [6.07, 6.45) is 54.3. The molecule has 0 aliphatic heterocycles. The van der Waals surface area contributed by atoms with Gasteiger partial charge >= 0.3 is 39.5 Å². The molecule has 19 heteroatoms. The zero-order valence-corrected chi connectivity index (χ0v) is 66.2. The van der Waals surface area contributed by atoms with Gasteiger partial charge in [-0.25, -0.2) is 9.13 Å². The Balaban J connectivity index is 5.21. The van der Waals surface area contributed by atoms with E-state index in [-0.39, 0.29) is 25.7 Å². The van der Waals surface area contributed by atoms with Crippen molar-refractivity contribution in [1.29, 1.82) is 0 Å². The third-order valence-electron chi connectivity index (χ3n) is 18.3. The molecule has 0 aromatic rings. The Morgan fingerprint density at radius 1 is 0.255 bits per heavy atom. The topological polar surface area (TPSA) is 237 Å². The smallest absolute Gasteiger partial charge is 0.462 e. The average molecular weight is 1440 g/mol. The predicted octanol–water partition coefficient (Wildman–Crippen LogP) is 23.2. The number of hydrogen-bond donors (Lipinski definition) is 3. The number of ether oxygens (including phenoxy) is 4. The summed E-state index contributed by atoms with van der Waals surface area (Å²) in [5.41, 5.74) is 0. The standard InChI is InChI=1S/C79H154O17P2/c1-69(2)55-47-39-31-25-19-15-13-11-9-10-12-14-16-22-29-35-45-53-61-78(83)95-74(65-89-76(81)59-51-43-34-28-23-17-20-26-32-40-48-56-70(3)4)67-93-97(85,86)91-63-73(80)64-92-98(87,88)94-68-75(66-90-77(82)60-52-44-38-37-42-50-58-72(7)8)96-79(84)62-54-46-36-30-24-18-21-27-33-41-49-57-71(5)6/h69-75,80H,9-68H2,1-8H3,(H,85,86)(H,87,88)/t73-,74-,75-/m1/s1. The van der Waals surface area contributed by atoms with Gasteiger partial charge in [-0.05, 0) is 49.4 Å². The molecule has 0 spiro atoms. The molecule has 98 heavy (non-hydrogen) atoms. The molecule has 0 aromatic heterocycles. The van der Waals surface area contributed by atoms with Gasteiger partial charge in [0.25, 0.3) is 0 Å². The Hall–Kier alpha value is -1.94. The van der Waals surface area contributed by atoms with Gasteiger partial charge in [0, 0.05) is 25.7 Å². The van der Waals surface area contributed by atoms with Gasteiger partial charge in [-0.1, -0.05) is 351 Å². The molecule has 3 N–H and O–H groups in total. The maximum Gasteiger partial charge on any atom is 0.472 e. The highest BCUT2D eigenvalue weighted by atomic mass is 31.2. The summed E-state index contributed by atoms with van der Waals surface area (Å²) >= 11 is 0. The molecule has 0 amide bonds. The third-order valence-corrected chi connectivity index (χ3v) is 20.2. The van der Waals surface area contributed by atoms with Crippen molar-refractivity contribution >= 4 is 39.5 Å². The molecule has 582 valence electrons. The molecule has 0 heterocycles. The number of unbranched alkanes of at least 4 members (excludes halogenated alkanes) is 42. The largest absolute Gasteiger partial charge is 0.472 e. The second kappa shape index (κ2) is 68.2. The van der Waals surface area contributed by atoms with Gasteiger partial charge in [0.2, 0.25) is 0 Å². The van der Waals surface area contributed by atoms with E-state index >= 15 is 0 Å². The zero-order chi connectivity index (χ0) is 72.4. The molecular formula is C79H154O17P2. The van der Waals surface area contributed by atoms with Crippen LogP contribution in [0.5, 0.6) is 0 Å². The van der Waals surface area contributed by atoms with Gasteiger partial charge < -0.3 is 33.8 Å². The van der Waals surface area contributed by atoms with Crippen molar-refractivity contribution < 1.29 is 80.2 Å². The first kappa shape index (κ1) is 96.1. The first-order valence-electron chi connectivity index (χ1n) is 40.7. The molecule has 0 fully saturated rings. The lowest BCUT2D eigenvalue weighted by atomic mass is 10.0. The van der Waals surface area contributed by atoms with Crippen LogP contribution in [0.3, 0.4) is 0 Å². The molecule has 0 saturated heterocycles. The summed E-state index contributed by atoms with van der Waals surface area (Å²) in [5.74, 6) is 0.917. The van der Waals surface area contributed by atoms with Crippen LogP contribution in [0.1, 0.15) is 402 Å². The minimum atomic E-state index is -4.96. The predicted molar refractivity (Wildman–Crippen MR) is 400 cm³/mol. The van der Waals surface area contributed by atoms with Crippen LogP contribution in [-0.2, 0) is 65.4 Å². The van der Waals surface area contributed by atoms with Gasteiger partial charge in [0.05, 0.1) is 26.4 Å². The summed E-state index contributed by atoms with van der Waals surface area (Å²) in [7, 11) is -9.92. The number of carbonyl (C=O) groups is 4. The van der Waals surface area contributed by atoms with Crippen molar-refractivity contribution in [2.75, 3.05) is 39.6 Å². The van der Waals surface area contributed by atoms with E-state index in [0.29, 0.717) is 31.6 Å². The van der Waals surface area contributed by atoms with E-state index in [4.69, 9.17) is 37.0 Å². The van der Waals surface area contributed by atoms with E-state index in [9.17, 15) is 43.2 Å². The van der Waals surface area contributed by atoms with E-state index in [1.807, 2.05) is 0 Å². The maximum atomic E-state index is 13.1. The van der Waals surface area contributed by atoms with Crippen molar-refractivity contribution in [3.05, 3.63) is 0 Å². The molecule has 17 nitrogen and oxygen atoms in total. The number of aliphatic hydroxyl groups excluding tert-OH is 1. The van der Waals surface area contributed by atoms with Crippen LogP contribution in [-0.4, -0.2) is 96.7 Å². The Morgan fingerprint density at radius 3 is 0.633 bits per heavy atom. The Labute approximate surface area is 600 Å². The van der Waals surface area contributed by atoms with Crippen LogP contribution in [0.15, 0.2) is 0 Å². The van der Waals surface area contributed by atoms with Crippen molar-refractivity contribution in [2.45, 2.75) is 420 Å². The molecule has 2 unspecified atom stereocenters. The molecule has 0 aromatic carbocycles. The number of aliphatic hydroxyl groups is 1. The molecular weight excluding hydrogens is 1280 g/mol. The van der Waals surface area contributed by atoms with Gasteiger partial charge in [-0.2, -0.15) is 0 Å². The SMILES string of the molecule is CC(C)CCCCCCCCCCCCCCCCCCCCC(=O)O[C@H](COC(=O)CCCCCCCCCCCCCC(C)C)COP(=O)(O)OC[C@@H](O)COP(=O)(O)OC[C@@H](COC(=O)CCCCCCCCC(C)C)OC(=O)CCCCCCCCCCCCCC(C)C. The number of esters is 4. The molecule has 0 radical (unpaired) electrons. The number of phosphoric acid groups is 2. The highest BCUT2D eigenvalue weighted by Crippen LogP contribution is 2.45. The summed E-state index contributed by atoms with van der Waals surface area (Å²) in [6, 6.07) is 0. The Bertz CT molecular complexity index is 1920. The number of phosphoric ester groups is 2. The van der Waals surface area contributed by atoms with E-state index < -0.39 is 97.5 Å². The van der Waals surface area contributed by atoms with Gasteiger partial charge in [0.15, 0.2) is 12.2 Å². The number of hydrogen-bond acceptors (Lipinski definition) is 15. The van der Waals surface area contributed by atoms with E-state index in [1.54, 1.807) is 0 Å². The lowest BCUT2D eigenvalue weighted by Crippen LogP contribution is -2.30. The van der Waals surface area contributed by atoms with Crippen LogP contribution in [0.25, 0.3) is 0 Å².